The van der Waals surface area contributed by atoms with Crippen LogP contribution in [-0.4, -0.2) is 37.0 Å². The molecule has 0 spiro atoms. The standard InChI is InChI=1S/C11H13N5O3S/c1-2-7(10-12-3-4-20-10)13-9(17)6-16-5-8(11(18)19)14-15-16/h3-5,7H,2,6H2,1H3,(H,13,17)(H,18,19). The van der Waals surface area contributed by atoms with Crippen LogP contribution in [-0.2, 0) is 11.3 Å². The van der Waals surface area contributed by atoms with Crippen molar-refractivity contribution in [3.63, 3.8) is 0 Å². The summed E-state index contributed by atoms with van der Waals surface area (Å²) in [6, 6.07) is -0.148. The molecule has 8 nitrogen and oxygen atoms in total. The molecular formula is C11H13N5O3S. The number of nitrogens with one attached hydrogen (secondary N) is 1. The summed E-state index contributed by atoms with van der Waals surface area (Å²) in [5.41, 5.74) is -0.190. The first kappa shape index (κ1) is 14.1. The van der Waals surface area contributed by atoms with Gasteiger partial charge in [-0.3, -0.25) is 4.79 Å². The molecule has 0 saturated carbocycles. The Labute approximate surface area is 118 Å². The SMILES string of the molecule is CCC(NC(=O)Cn1cc(C(=O)O)nn1)c1nccs1. The molecular weight excluding hydrogens is 282 g/mol. The highest BCUT2D eigenvalue weighted by Gasteiger charge is 2.16. The van der Waals surface area contributed by atoms with Gasteiger partial charge < -0.3 is 10.4 Å². The van der Waals surface area contributed by atoms with Crippen LogP contribution in [0, 0.1) is 0 Å². The summed E-state index contributed by atoms with van der Waals surface area (Å²) in [7, 11) is 0. The van der Waals surface area contributed by atoms with Crippen molar-refractivity contribution < 1.29 is 14.7 Å². The van der Waals surface area contributed by atoms with Crippen molar-refractivity contribution in [3.8, 4) is 0 Å². The van der Waals surface area contributed by atoms with Crippen molar-refractivity contribution in [1.82, 2.24) is 25.3 Å². The zero-order valence-electron chi connectivity index (χ0n) is 10.7. The second-order valence-corrected chi connectivity index (χ2v) is 4.93. The van der Waals surface area contributed by atoms with Crippen molar-refractivity contribution in [2.24, 2.45) is 0 Å². The van der Waals surface area contributed by atoms with E-state index in [9.17, 15) is 9.59 Å². The Morgan fingerprint density at radius 2 is 2.35 bits per heavy atom. The maximum Gasteiger partial charge on any atom is 0.358 e. The number of nitrogens with zero attached hydrogens (tertiary/aromatic N) is 4. The van der Waals surface area contributed by atoms with E-state index in [-0.39, 0.29) is 24.2 Å². The van der Waals surface area contributed by atoms with E-state index >= 15 is 0 Å². The molecule has 1 unspecified atom stereocenters. The minimum Gasteiger partial charge on any atom is -0.476 e. The zero-order valence-corrected chi connectivity index (χ0v) is 11.5. The third-order valence-corrected chi connectivity index (χ3v) is 3.45. The van der Waals surface area contributed by atoms with Crippen LogP contribution >= 0.6 is 11.3 Å². The number of carboxylic acids is 1. The summed E-state index contributed by atoms with van der Waals surface area (Å²) >= 11 is 1.47. The van der Waals surface area contributed by atoms with Crippen LogP contribution in [0.3, 0.4) is 0 Å². The maximum atomic E-state index is 11.9. The highest BCUT2D eigenvalue weighted by molar-refractivity contribution is 7.09. The van der Waals surface area contributed by atoms with Gasteiger partial charge in [-0.05, 0) is 6.42 Å². The second-order valence-electron chi connectivity index (χ2n) is 4.01. The van der Waals surface area contributed by atoms with Gasteiger partial charge in [0.2, 0.25) is 5.91 Å². The molecule has 9 heteroatoms. The van der Waals surface area contributed by atoms with Gasteiger partial charge in [0.25, 0.3) is 0 Å². The Balaban J connectivity index is 1.95. The molecule has 2 N–H and O–H groups in total. The molecule has 0 fully saturated rings. The molecule has 0 saturated heterocycles. The number of aromatic carboxylic acids is 1. The van der Waals surface area contributed by atoms with Gasteiger partial charge in [0, 0.05) is 11.6 Å². The Morgan fingerprint density at radius 3 is 2.90 bits per heavy atom. The summed E-state index contributed by atoms with van der Waals surface area (Å²) in [5, 5.41) is 21.3. The van der Waals surface area contributed by atoms with Crippen LogP contribution in [0.15, 0.2) is 17.8 Å². The molecule has 1 amide bonds. The fourth-order valence-electron chi connectivity index (χ4n) is 1.61. The molecule has 0 radical (unpaired) electrons. The number of carbonyl (C=O) groups is 2. The third kappa shape index (κ3) is 3.38. The molecule has 2 aromatic heterocycles. The van der Waals surface area contributed by atoms with E-state index in [0.717, 1.165) is 11.4 Å². The molecule has 1 atom stereocenters. The van der Waals surface area contributed by atoms with Crippen molar-refractivity contribution in [2.45, 2.75) is 25.9 Å². The van der Waals surface area contributed by atoms with E-state index in [0.29, 0.717) is 0 Å². The smallest absolute Gasteiger partial charge is 0.358 e. The Bertz CT molecular complexity index is 595. The molecule has 0 aliphatic heterocycles. The molecule has 2 aromatic rings. The summed E-state index contributed by atoms with van der Waals surface area (Å²) in [5.74, 6) is -1.44. The predicted molar refractivity (Wildman–Crippen MR) is 70.3 cm³/mol. The summed E-state index contributed by atoms with van der Waals surface area (Å²) in [6.45, 7) is 1.87. The summed E-state index contributed by atoms with van der Waals surface area (Å²) in [6.07, 6.45) is 3.62. The number of carbonyl (C=O) groups excluding carboxylic acids is 1. The van der Waals surface area contributed by atoms with Gasteiger partial charge in [-0.2, -0.15) is 0 Å². The Hall–Kier alpha value is -2.29. The number of carboxylic acid groups (broad SMARTS) is 1. The predicted octanol–water partition coefficient (Wildman–Crippen LogP) is 0.700. The first-order chi connectivity index (χ1) is 9.60. The van der Waals surface area contributed by atoms with Crippen LogP contribution in [0.2, 0.25) is 0 Å². The van der Waals surface area contributed by atoms with E-state index in [4.69, 9.17) is 5.11 Å². The van der Waals surface area contributed by atoms with Gasteiger partial charge in [-0.15, -0.1) is 16.4 Å². The normalized spacial score (nSPS) is 12.1. The number of hydrogen-bond donors (Lipinski definition) is 2. The Morgan fingerprint density at radius 1 is 1.55 bits per heavy atom. The van der Waals surface area contributed by atoms with E-state index in [2.05, 4.69) is 20.6 Å². The van der Waals surface area contributed by atoms with Gasteiger partial charge in [-0.1, -0.05) is 12.1 Å². The lowest BCUT2D eigenvalue weighted by Crippen LogP contribution is -2.31. The van der Waals surface area contributed by atoms with E-state index in [1.54, 1.807) is 6.20 Å². The molecule has 0 aliphatic rings. The molecule has 2 heterocycles. The van der Waals surface area contributed by atoms with Crippen molar-refractivity contribution in [3.05, 3.63) is 28.5 Å². The third-order valence-electron chi connectivity index (χ3n) is 2.56. The first-order valence-corrected chi connectivity index (χ1v) is 6.80. The largest absolute Gasteiger partial charge is 0.476 e. The molecule has 0 aromatic carbocycles. The summed E-state index contributed by atoms with van der Waals surface area (Å²) in [4.78, 5) is 26.7. The van der Waals surface area contributed by atoms with Crippen LogP contribution in [0.1, 0.15) is 34.9 Å². The van der Waals surface area contributed by atoms with Crippen molar-refractivity contribution in [1.29, 1.82) is 0 Å². The van der Waals surface area contributed by atoms with Gasteiger partial charge >= 0.3 is 5.97 Å². The monoisotopic (exact) mass is 295 g/mol. The van der Waals surface area contributed by atoms with E-state index in [1.165, 1.54) is 22.2 Å². The van der Waals surface area contributed by atoms with Gasteiger partial charge in [-0.25, -0.2) is 14.5 Å². The van der Waals surface area contributed by atoms with Gasteiger partial charge in [0.05, 0.1) is 12.2 Å². The number of amides is 1. The topological polar surface area (TPSA) is 110 Å². The molecule has 20 heavy (non-hydrogen) atoms. The van der Waals surface area contributed by atoms with Crippen LogP contribution in [0.5, 0.6) is 0 Å². The average Bonchev–Trinajstić information content (AvgIpc) is 3.06. The quantitative estimate of drug-likeness (QED) is 0.811. The number of rotatable bonds is 6. The minimum absolute atomic E-state index is 0.0812. The zero-order chi connectivity index (χ0) is 14.5. The van der Waals surface area contributed by atoms with Gasteiger partial charge in [0.15, 0.2) is 5.69 Å². The highest BCUT2D eigenvalue weighted by atomic mass is 32.1. The fourth-order valence-corrected chi connectivity index (χ4v) is 2.38. The average molecular weight is 295 g/mol. The second kappa shape index (κ2) is 6.24. The van der Waals surface area contributed by atoms with E-state index < -0.39 is 5.97 Å². The van der Waals surface area contributed by atoms with E-state index in [1.807, 2.05) is 12.3 Å². The summed E-state index contributed by atoms with van der Waals surface area (Å²) < 4.78 is 1.19. The number of hydrogen-bond acceptors (Lipinski definition) is 6. The van der Waals surface area contributed by atoms with Crippen molar-refractivity contribution in [2.75, 3.05) is 0 Å². The van der Waals surface area contributed by atoms with Crippen molar-refractivity contribution >= 4 is 23.2 Å². The van der Waals surface area contributed by atoms with Crippen LogP contribution in [0.4, 0.5) is 0 Å². The number of aromatic nitrogens is 4. The van der Waals surface area contributed by atoms with Gasteiger partial charge in [0.1, 0.15) is 11.6 Å². The lowest BCUT2D eigenvalue weighted by Gasteiger charge is -2.14. The van der Waals surface area contributed by atoms with Crippen LogP contribution < -0.4 is 5.32 Å². The molecule has 0 aliphatic carbocycles. The highest BCUT2D eigenvalue weighted by Crippen LogP contribution is 2.18. The molecule has 106 valence electrons. The fraction of sp³-hybridized carbons (Fsp3) is 0.364. The lowest BCUT2D eigenvalue weighted by molar-refractivity contribution is -0.122. The minimum atomic E-state index is -1.18. The maximum absolute atomic E-state index is 11.9. The number of thiazole rings is 1. The lowest BCUT2D eigenvalue weighted by atomic mass is 10.2. The molecule has 0 bridgehead atoms. The first-order valence-electron chi connectivity index (χ1n) is 5.92. The van der Waals surface area contributed by atoms with Crippen LogP contribution in [0.25, 0.3) is 0 Å². The Kier molecular flexibility index (Phi) is 4.41. The molecule has 2 rings (SSSR count).